The van der Waals surface area contributed by atoms with Gasteiger partial charge < -0.3 is 9.80 Å². The van der Waals surface area contributed by atoms with Gasteiger partial charge in [-0.3, -0.25) is 0 Å². The van der Waals surface area contributed by atoms with E-state index in [1.807, 2.05) is 47.4 Å². The van der Waals surface area contributed by atoms with Crippen molar-refractivity contribution >= 4 is 34.1 Å². The summed E-state index contributed by atoms with van der Waals surface area (Å²) in [5.41, 5.74) is 19.5. The number of hydrogen-bond donors (Lipinski definition) is 0. The van der Waals surface area contributed by atoms with Crippen LogP contribution in [0.25, 0.3) is 77.9 Å². The van der Waals surface area contributed by atoms with Crippen LogP contribution in [0.15, 0.2) is 243 Å². The first-order valence-corrected chi connectivity index (χ1v) is 20.9. The lowest BCUT2D eigenvalue weighted by Gasteiger charge is -2.29. The molecule has 2 heterocycles. The van der Waals surface area contributed by atoms with E-state index in [9.17, 15) is 0 Å². The van der Waals surface area contributed by atoms with E-state index in [0.717, 1.165) is 101 Å². The molecule has 0 unspecified atom stereocenters. The van der Waals surface area contributed by atoms with E-state index >= 15 is 0 Å². The second-order valence-electron chi connectivity index (χ2n) is 15.7. The van der Waals surface area contributed by atoms with Gasteiger partial charge in [0.1, 0.15) is 0 Å². The quantitative estimate of drug-likeness (QED) is 0.171. The van der Waals surface area contributed by atoms with Crippen LogP contribution in [0.3, 0.4) is 0 Å². The van der Waals surface area contributed by atoms with Crippen molar-refractivity contribution in [3.8, 4) is 77.9 Å². The molecule has 0 aliphatic carbocycles. The van der Waals surface area contributed by atoms with Crippen molar-refractivity contribution in [2.75, 3.05) is 9.80 Å². The van der Waals surface area contributed by atoms with Crippen LogP contribution >= 0.6 is 0 Å². The second-order valence-corrected chi connectivity index (χ2v) is 15.7. The Morgan fingerprint density at radius 1 is 0.242 bits per heavy atom. The summed E-state index contributed by atoms with van der Waals surface area (Å²) in [5, 5.41) is 0. The minimum Gasteiger partial charge on any atom is -0.309 e. The predicted molar refractivity (Wildman–Crippen MR) is 261 cm³/mol. The van der Waals surface area contributed by atoms with Crippen LogP contribution in [0.4, 0.5) is 34.1 Å². The molecule has 0 fully saturated rings. The lowest BCUT2D eigenvalue weighted by Crippen LogP contribution is -2.11. The van der Waals surface area contributed by atoms with Crippen LogP contribution in [0.1, 0.15) is 6.85 Å². The molecule has 0 radical (unpaired) electrons. The Labute approximate surface area is 369 Å². The van der Waals surface area contributed by atoms with Gasteiger partial charge in [-0.2, -0.15) is 0 Å². The monoisotopic (exact) mass is 793 g/mol. The second kappa shape index (κ2) is 14.8. The van der Waals surface area contributed by atoms with Gasteiger partial charge in [-0.1, -0.05) is 176 Å². The average Bonchev–Trinajstić information content (AvgIpc) is 3.59. The number of hydrogen-bond acceptors (Lipinski definition) is 2. The van der Waals surface area contributed by atoms with E-state index in [2.05, 4.69) is 175 Å². The van der Waals surface area contributed by atoms with E-state index < -0.39 is 6.04 Å². The third-order valence-electron chi connectivity index (χ3n) is 12.2. The van der Waals surface area contributed by atoms with Crippen molar-refractivity contribution in [3.05, 3.63) is 243 Å². The SMILES string of the molecule is [2H]c1c([2H])c([2H])c(N2c3ccccc3-c3ccccc3-c3cc(-c4ccc5c(c4)-c4ccccc4-c4ccccc4N5c4cc(-c5ccccc5)cc(-c5ccccc5)c4)ccc32)c([2H])c1[2H]. The Hall–Kier alpha value is -8.20. The first kappa shape index (κ1) is 30.8. The molecule has 0 amide bonds. The van der Waals surface area contributed by atoms with Crippen molar-refractivity contribution in [1.82, 2.24) is 0 Å². The highest BCUT2D eigenvalue weighted by Gasteiger charge is 2.29. The Balaban J connectivity index is 1.09. The van der Waals surface area contributed by atoms with Gasteiger partial charge in [-0.05, 0) is 122 Å². The zero-order chi connectivity index (χ0) is 45.3. The molecule has 10 aromatic rings. The van der Waals surface area contributed by atoms with Gasteiger partial charge in [0.25, 0.3) is 0 Å². The number of benzene rings is 10. The summed E-state index contributed by atoms with van der Waals surface area (Å²) in [7, 11) is 0. The van der Waals surface area contributed by atoms with Gasteiger partial charge in [-0.25, -0.2) is 0 Å². The highest BCUT2D eigenvalue weighted by Crippen LogP contribution is 2.54. The lowest BCUT2D eigenvalue weighted by atomic mass is 9.90. The molecule has 62 heavy (non-hydrogen) atoms. The Kier molecular flexibility index (Phi) is 7.35. The summed E-state index contributed by atoms with van der Waals surface area (Å²) in [6.07, 6.45) is 0. The fourth-order valence-electron chi connectivity index (χ4n) is 9.42. The molecule has 10 aromatic carbocycles. The predicted octanol–water partition coefficient (Wildman–Crippen LogP) is 16.9. The minimum atomic E-state index is -0.423. The van der Waals surface area contributed by atoms with Crippen LogP contribution in [0, 0.1) is 0 Å². The number of para-hydroxylation sites is 3. The maximum absolute atomic E-state index is 9.15. The molecule has 290 valence electrons. The molecule has 0 bridgehead atoms. The van der Waals surface area contributed by atoms with E-state index in [4.69, 9.17) is 6.85 Å². The fraction of sp³-hybridized carbons (Fsp3) is 0. The van der Waals surface area contributed by atoms with Gasteiger partial charge in [0.05, 0.1) is 29.6 Å². The van der Waals surface area contributed by atoms with E-state index in [0.29, 0.717) is 5.69 Å². The van der Waals surface area contributed by atoms with Crippen LogP contribution in [0.2, 0.25) is 0 Å². The van der Waals surface area contributed by atoms with Crippen LogP contribution < -0.4 is 9.80 Å². The molecule has 2 aliphatic rings. The van der Waals surface area contributed by atoms with Gasteiger partial charge in [-0.15, -0.1) is 0 Å². The van der Waals surface area contributed by atoms with Gasteiger partial charge in [0, 0.05) is 33.6 Å². The highest BCUT2D eigenvalue weighted by atomic mass is 15.2. The maximum atomic E-state index is 9.15. The smallest absolute Gasteiger partial charge is 0.0645 e. The zero-order valence-electron chi connectivity index (χ0n) is 38.6. The van der Waals surface area contributed by atoms with Crippen LogP contribution in [-0.4, -0.2) is 0 Å². The van der Waals surface area contributed by atoms with Crippen LogP contribution in [0.5, 0.6) is 0 Å². The lowest BCUT2D eigenvalue weighted by molar-refractivity contribution is 1.29. The summed E-state index contributed by atoms with van der Waals surface area (Å²) in [4.78, 5) is 4.26. The average molecular weight is 794 g/mol. The maximum Gasteiger partial charge on any atom is 0.0645 e. The summed E-state index contributed by atoms with van der Waals surface area (Å²) in [6.45, 7) is 0. The van der Waals surface area contributed by atoms with Gasteiger partial charge >= 0.3 is 0 Å². The largest absolute Gasteiger partial charge is 0.309 e. The summed E-state index contributed by atoms with van der Waals surface area (Å²) < 4.78 is 44.0. The molecule has 0 saturated heterocycles. The molecular weight excluding hydrogens is 749 g/mol. The number of fused-ring (bicyclic) bond motifs is 10. The molecule has 0 aromatic heterocycles. The number of anilines is 6. The Bertz CT molecular complexity index is 3520. The Morgan fingerprint density at radius 2 is 0.613 bits per heavy atom. The molecule has 0 saturated carbocycles. The number of nitrogens with zero attached hydrogens (tertiary/aromatic N) is 2. The topological polar surface area (TPSA) is 6.48 Å². The molecule has 2 aliphatic heterocycles. The molecule has 12 rings (SSSR count). The molecule has 0 spiro atoms. The standard InChI is InChI=1S/C60H40N2/c1-4-18-41(19-5-1)45-36-46(42-20-6-2-7-21-42)38-48(37-45)62-58-31-17-15-29-54(58)50-25-11-13-27-52(50)56-40-44(33-35-60(56)62)43-32-34-59-55(39-43)51-26-12-10-24-49(51)53-28-14-16-30-57(53)61(59)47-22-8-3-9-23-47/h1-40H/i3D,8D,9D,22D,23D. The van der Waals surface area contributed by atoms with Crippen molar-refractivity contribution < 1.29 is 6.85 Å². The van der Waals surface area contributed by atoms with Crippen molar-refractivity contribution in [3.63, 3.8) is 0 Å². The summed E-state index contributed by atoms with van der Waals surface area (Å²) in [5.74, 6) is 0. The Morgan fingerprint density at radius 3 is 1.08 bits per heavy atom. The van der Waals surface area contributed by atoms with Gasteiger partial charge in [0.2, 0.25) is 0 Å². The normalized spacial score (nSPS) is 13.3. The minimum absolute atomic E-state index is 0.105. The third kappa shape index (κ3) is 5.96. The van der Waals surface area contributed by atoms with Crippen molar-refractivity contribution in [2.45, 2.75) is 0 Å². The summed E-state index contributed by atoms with van der Waals surface area (Å²) >= 11 is 0. The zero-order valence-corrected chi connectivity index (χ0v) is 33.6. The third-order valence-corrected chi connectivity index (χ3v) is 12.2. The van der Waals surface area contributed by atoms with Crippen molar-refractivity contribution in [2.24, 2.45) is 0 Å². The molecule has 2 heteroatoms. The summed E-state index contributed by atoms with van der Waals surface area (Å²) in [6, 6.07) is 72.9. The van der Waals surface area contributed by atoms with Crippen molar-refractivity contribution in [1.29, 1.82) is 0 Å². The van der Waals surface area contributed by atoms with E-state index in [1.54, 1.807) is 0 Å². The molecule has 0 N–H and O–H groups in total. The first-order valence-electron chi connectivity index (χ1n) is 23.4. The van der Waals surface area contributed by atoms with E-state index in [-0.39, 0.29) is 29.9 Å². The number of rotatable bonds is 5. The fourth-order valence-corrected chi connectivity index (χ4v) is 9.42. The first-order chi connectivity index (χ1) is 32.8. The molecule has 0 atom stereocenters. The van der Waals surface area contributed by atoms with Gasteiger partial charge in [0.15, 0.2) is 0 Å². The molecule has 2 nitrogen and oxygen atoms in total. The highest BCUT2D eigenvalue weighted by molar-refractivity contribution is 6.06. The molecular formula is C60H40N2. The van der Waals surface area contributed by atoms with Crippen LogP contribution in [-0.2, 0) is 0 Å². The van der Waals surface area contributed by atoms with E-state index in [1.165, 1.54) is 0 Å².